The van der Waals surface area contributed by atoms with Gasteiger partial charge in [-0.3, -0.25) is 9.36 Å². The summed E-state index contributed by atoms with van der Waals surface area (Å²) in [4.78, 5) is 26.8. The van der Waals surface area contributed by atoms with Crippen LogP contribution in [-0.2, 0) is 19.4 Å². The van der Waals surface area contributed by atoms with Crippen molar-refractivity contribution in [2.24, 2.45) is 0 Å². The van der Waals surface area contributed by atoms with Gasteiger partial charge in [-0.1, -0.05) is 92.2 Å². The van der Waals surface area contributed by atoms with Crippen molar-refractivity contribution in [1.29, 1.82) is 0 Å². The molecule has 0 aliphatic rings. The highest BCUT2D eigenvalue weighted by molar-refractivity contribution is 5.82. The lowest BCUT2D eigenvalue weighted by Gasteiger charge is -2.10. The van der Waals surface area contributed by atoms with Crippen LogP contribution in [0.15, 0.2) is 83.7 Å². The van der Waals surface area contributed by atoms with E-state index < -0.39 is 0 Å². The van der Waals surface area contributed by atoms with Gasteiger partial charge in [0.1, 0.15) is 0 Å². The van der Waals surface area contributed by atoms with Gasteiger partial charge in [-0.05, 0) is 47.2 Å². The fourth-order valence-electron chi connectivity index (χ4n) is 4.85. The van der Waals surface area contributed by atoms with E-state index in [2.05, 4.69) is 27.5 Å². The van der Waals surface area contributed by atoms with Crippen LogP contribution in [0.4, 0.5) is 0 Å². The number of carbonyl (C=O) groups is 1. The van der Waals surface area contributed by atoms with Crippen molar-refractivity contribution < 1.29 is 4.79 Å². The molecule has 5 aromatic rings. The zero-order valence-corrected chi connectivity index (χ0v) is 21.6. The Labute approximate surface area is 221 Å². The molecule has 0 atom stereocenters. The summed E-state index contributed by atoms with van der Waals surface area (Å²) in [5.74, 6) is 0.331. The van der Waals surface area contributed by atoms with Crippen molar-refractivity contribution in [3.63, 3.8) is 0 Å². The largest absolute Gasteiger partial charge is 0.335 e. The Hall–Kier alpha value is -4.59. The molecule has 1 N–H and O–H groups in total. The van der Waals surface area contributed by atoms with Gasteiger partial charge in [0, 0.05) is 17.0 Å². The van der Waals surface area contributed by atoms with E-state index in [-0.39, 0.29) is 18.0 Å². The molecule has 3 aromatic carbocycles. The van der Waals surface area contributed by atoms with E-state index in [0.717, 1.165) is 58.5 Å². The molecule has 2 heterocycles. The minimum absolute atomic E-state index is 0.188. The van der Waals surface area contributed by atoms with Gasteiger partial charge >= 0.3 is 5.69 Å². The summed E-state index contributed by atoms with van der Waals surface area (Å²) >= 11 is 0. The second kappa shape index (κ2) is 11.2. The lowest BCUT2D eigenvalue weighted by molar-refractivity contribution is 0.0907. The molecule has 0 saturated carbocycles. The van der Waals surface area contributed by atoms with Crippen LogP contribution in [-0.4, -0.2) is 35.7 Å². The Bertz CT molecular complexity index is 1580. The number of nitrogens with zero attached hydrogens (tertiary/aromatic N) is 5. The standard InChI is InChI=1S/C30H30N6O2/c1-3-4-14-27-21(2)36(28(37)19-22-10-6-5-7-11-22)30(38)35(27)20-23-15-17-24(18-16-23)25-12-8-9-13-26(25)29-31-33-34-32-29/h5-13,15-18H,3-4,14,19-20H2,1-2H3,(H,31,32,33,34). The molecule has 2 aromatic heterocycles. The molecule has 0 spiro atoms. The average molecular weight is 507 g/mol. The van der Waals surface area contributed by atoms with Crippen LogP contribution < -0.4 is 5.69 Å². The second-order valence-corrected chi connectivity index (χ2v) is 9.37. The Morgan fingerprint density at radius 3 is 2.29 bits per heavy atom. The predicted molar refractivity (Wildman–Crippen MR) is 147 cm³/mol. The normalized spacial score (nSPS) is 11.1. The second-order valence-electron chi connectivity index (χ2n) is 9.37. The van der Waals surface area contributed by atoms with Gasteiger partial charge < -0.3 is 0 Å². The number of unbranched alkanes of at least 4 members (excludes halogenated alkanes) is 1. The molecule has 0 aliphatic heterocycles. The number of imidazole rings is 1. The number of hydrogen-bond acceptors (Lipinski definition) is 5. The van der Waals surface area contributed by atoms with Crippen molar-refractivity contribution in [2.45, 2.75) is 46.1 Å². The number of rotatable bonds is 9. The highest BCUT2D eigenvalue weighted by Crippen LogP contribution is 2.30. The summed E-state index contributed by atoms with van der Waals surface area (Å²) < 4.78 is 3.11. The quantitative estimate of drug-likeness (QED) is 0.301. The highest BCUT2D eigenvalue weighted by atomic mass is 16.2. The first kappa shape index (κ1) is 25.1. The monoisotopic (exact) mass is 506 g/mol. The Morgan fingerprint density at radius 1 is 0.895 bits per heavy atom. The molecular weight excluding hydrogens is 476 g/mol. The third-order valence-electron chi connectivity index (χ3n) is 6.83. The molecule has 0 amide bonds. The molecule has 0 fully saturated rings. The smallest absolute Gasteiger partial charge is 0.291 e. The molecule has 0 unspecified atom stereocenters. The van der Waals surface area contributed by atoms with E-state index in [9.17, 15) is 9.59 Å². The molecule has 5 rings (SSSR count). The number of aromatic nitrogens is 6. The van der Waals surface area contributed by atoms with Crippen LogP contribution in [0.2, 0.25) is 0 Å². The molecule has 8 nitrogen and oxygen atoms in total. The number of hydrogen-bond donors (Lipinski definition) is 1. The number of benzene rings is 3. The van der Waals surface area contributed by atoms with E-state index in [1.165, 1.54) is 4.57 Å². The predicted octanol–water partition coefficient (Wildman–Crippen LogP) is 5.08. The zero-order chi connectivity index (χ0) is 26.5. The summed E-state index contributed by atoms with van der Waals surface area (Å²) in [6.45, 7) is 4.40. The van der Waals surface area contributed by atoms with Gasteiger partial charge in [-0.15, -0.1) is 10.2 Å². The molecule has 38 heavy (non-hydrogen) atoms. The molecule has 0 aliphatic carbocycles. The van der Waals surface area contributed by atoms with Crippen molar-refractivity contribution >= 4 is 5.91 Å². The summed E-state index contributed by atoms with van der Waals surface area (Å²) in [6, 6.07) is 25.6. The first-order chi connectivity index (χ1) is 18.6. The minimum atomic E-state index is -0.277. The maximum atomic E-state index is 13.6. The van der Waals surface area contributed by atoms with Gasteiger partial charge in [0.2, 0.25) is 11.7 Å². The van der Waals surface area contributed by atoms with E-state index in [1.807, 2.05) is 85.8 Å². The zero-order valence-electron chi connectivity index (χ0n) is 21.6. The molecule has 0 bridgehead atoms. The van der Waals surface area contributed by atoms with Gasteiger partial charge in [-0.2, -0.15) is 5.21 Å². The van der Waals surface area contributed by atoms with Gasteiger partial charge in [0.25, 0.3) is 0 Å². The summed E-state index contributed by atoms with van der Waals surface area (Å²) in [5, 5.41) is 14.4. The molecule has 0 saturated heterocycles. The van der Waals surface area contributed by atoms with Crippen LogP contribution in [0, 0.1) is 6.92 Å². The van der Waals surface area contributed by atoms with Crippen LogP contribution in [0.25, 0.3) is 22.5 Å². The van der Waals surface area contributed by atoms with E-state index in [4.69, 9.17) is 0 Å². The number of nitrogens with one attached hydrogen (secondary N) is 1. The highest BCUT2D eigenvalue weighted by Gasteiger charge is 2.21. The first-order valence-electron chi connectivity index (χ1n) is 12.9. The van der Waals surface area contributed by atoms with Crippen molar-refractivity contribution in [3.8, 4) is 22.5 Å². The van der Waals surface area contributed by atoms with Crippen LogP contribution in [0.1, 0.15) is 47.1 Å². The molecule has 0 radical (unpaired) electrons. The minimum Gasteiger partial charge on any atom is -0.291 e. The van der Waals surface area contributed by atoms with Gasteiger partial charge in [0.15, 0.2) is 0 Å². The number of aromatic amines is 1. The Kier molecular flexibility index (Phi) is 7.40. The van der Waals surface area contributed by atoms with E-state index >= 15 is 0 Å². The van der Waals surface area contributed by atoms with E-state index in [0.29, 0.717) is 12.4 Å². The maximum absolute atomic E-state index is 13.6. The summed E-state index contributed by atoms with van der Waals surface area (Å²) in [5.41, 5.74) is 6.15. The van der Waals surface area contributed by atoms with Crippen LogP contribution in [0.3, 0.4) is 0 Å². The number of carbonyl (C=O) groups excluding carboxylic acids is 1. The van der Waals surface area contributed by atoms with Gasteiger partial charge in [-0.25, -0.2) is 9.36 Å². The SMILES string of the molecule is CCCCc1c(C)n(C(=O)Cc2ccccc2)c(=O)n1Cc1ccc(-c2ccccc2-c2nn[nH]n2)cc1. The number of tetrazole rings is 1. The fraction of sp³-hybridized carbons (Fsp3) is 0.233. The molecule has 8 heteroatoms. The molecular formula is C30H30N6O2. The topological polar surface area (TPSA) is 98.5 Å². The van der Waals surface area contributed by atoms with Crippen molar-refractivity contribution in [1.82, 2.24) is 29.8 Å². The summed E-state index contributed by atoms with van der Waals surface area (Å²) in [6.07, 6.45) is 2.89. The third-order valence-corrected chi connectivity index (χ3v) is 6.83. The van der Waals surface area contributed by atoms with Crippen LogP contribution in [0.5, 0.6) is 0 Å². The van der Waals surface area contributed by atoms with Gasteiger partial charge in [0.05, 0.1) is 13.0 Å². The lowest BCUT2D eigenvalue weighted by Crippen LogP contribution is -2.31. The lowest BCUT2D eigenvalue weighted by atomic mass is 9.98. The average Bonchev–Trinajstić information content (AvgIpc) is 3.56. The Morgan fingerprint density at radius 2 is 1.61 bits per heavy atom. The molecule has 192 valence electrons. The fourth-order valence-corrected chi connectivity index (χ4v) is 4.85. The third kappa shape index (κ3) is 5.11. The van der Waals surface area contributed by atoms with E-state index in [1.54, 1.807) is 4.57 Å². The van der Waals surface area contributed by atoms with Crippen molar-refractivity contribution in [2.75, 3.05) is 0 Å². The number of H-pyrrole nitrogens is 1. The van der Waals surface area contributed by atoms with Crippen LogP contribution >= 0.6 is 0 Å². The Balaban J connectivity index is 1.45. The maximum Gasteiger partial charge on any atom is 0.335 e. The van der Waals surface area contributed by atoms with Crippen molar-refractivity contribution in [3.05, 3.63) is 112 Å². The summed E-state index contributed by atoms with van der Waals surface area (Å²) in [7, 11) is 0. The first-order valence-corrected chi connectivity index (χ1v) is 12.9.